The number of rotatable bonds is 3. The number of amides is 1. The van der Waals surface area contributed by atoms with Crippen LogP contribution in [0.1, 0.15) is 30.6 Å². The molecule has 1 fully saturated rings. The summed E-state index contributed by atoms with van der Waals surface area (Å²) in [5, 5.41) is 13.3. The Hall–Kier alpha value is -1.33. The third-order valence-corrected chi connectivity index (χ3v) is 3.95. The van der Waals surface area contributed by atoms with Crippen molar-refractivity contribution in [1.82, 2.24) is 9.88 Å². The van der Waals surface area contributed by atoms with E-state index in [0.717, 1.165) is 13.0 Å². The van der Waals surface area contributed by atoms with E-state index in [9.17, 15) is 9.90 Å². The van der Waals surface area contributed by atoms with Gasteiger partial charge in [-0.15, -0.1) is 0 Å². The fourth-order valence-corrected chi connectivity index (χ4v) is 2.47. The lowest BCUT2D eigenvalue weighted by Crippen LogP contribution is -2.45. The summed E-state index contributed by atoms with van der Waals surface area (Å²) >= 11 is 6.08. The van der Waals surface area contributed by atoms with Gasteiger partial charge in [0.2, 0.25) is 0 Å². The average molecular weight is 298 g/mol. The second-order valence-corrected chi connectivity index (χ2v) is 5.57. The molecule has 1 saturated heterocycles. The largest absolute Gasteiger partial charge is 0.391 e. The molecular formula is C14H20ClN3O2. The van der Waals surface area contributed by atoms with Crippen molar-refractivity contribution in [3.8, 4) is 0 Å². The van der Waals surface area contributed by atoms with Gasteiger partial charge in [-0.25, -0.2) is 4.98 Å². The number of hydrogen-bond donors (Lipinski definition) is 2. The maximum absolute atomic E-state index is 12.5. The van der Waals surface area contributed by atoms with E-state index in [1.165, 1.54) is 6.20 Å². The van der Waals surface area contributed by atoms with Crippen LogP contribution in [0.2, 0.25) is 5.02 Å². The van der Waals surface area contributed by atoms with E-state index in [1.807, 2.05) is 13.8 Å². The van der Waals surface area contributed by atoms with Crippen molar-refractivity contribution >= 4 is 23.3 Å². The number of aromatic nitrogens is 1. The van der Waals surface area contributed by atoms with Gasteiger partial charge in [-0.05, 0) is 25.3 Å². The van der Waals surface area contributed by atoms with E-state index < -0.39 is 6.10 Å². The fourth-order valence-electron chi connectivity index (χ4n) is 2.28. The number of carbonyl (C=O) groups is 1. The molecule has 1 aliphatic rings. The second-order valence-electron chi connectivity index (χ2n) is 5.16. The number of nitrogens with one attached hydrogen (secondary N) is 1. The molecule has 0 aliphatic carbocycles. The molecule has 1 aromatic heterocycles. The molecule has 2 unspecified atom stereocenters. The van der Waals surface area contributed by atoms with Gasteiger partial charge in [0, 0.05) is 25.8 Å². The summed E-state index contributed by atoms with van der Waals surface area (Å²) in [6.07, 6.45) is 1.81. The van der Waals surface area contributed by atoms with E-state index in [1.54, 1.807) is 11.0 Å². The number of carbonyl (C=O) groups excluding carboxylic acids is 1. The number of hydrogen-bond acceptors (Lipinski definition) is 4. The van der Waals surface area contributed by atoms with E-state index in [0.29, 0.717) is 29.5 Å². The first-order valence-electron chi connectivity index (χ1n) is 6.89. The van der Waals surface area contributed by atoms with Gasteiger partial charge in [0.1, 0.15) is 5.82 Å². The number of β-amino-alcohol motifs (C(OH)–C–C–N with tert-alkyl or cyclic N) is 1. The normalized spacial score (nSPS) is 22.7. The standard InChI is InChI=1S/C14H20ClN3O2/c1-3-16-13-6-10(11(15)7-17-13)14(20)18-5-4-9(2)12(19)8-18/h6-7,9,12,19H,3-5,8H2,1-2H3,(H,16,17). The van der Waals surface area contributed by atoms with E-state index in [-0.39, 0.29) is 11.8 Å². The highest BCUT2D eigenvalue weighted by Crippen LogP contribution is 2.23. The van der Waals surface area contributed by atoms with Gasteiger partial charge in [-0.2, -0.15) is 0 Å². The number of aliphatic hydroxyl groups is 1. The molecule has 1 aliphatic heterocycles. The molecule has 20 heavy (non-hydrogen) atoms. The minimum Gasteiger partial charge on any atom is -0.391 e. The lowest BCUT2D eigenvalue weighted by Gasteiger charge is -2.34. The van der Waals surface area contributed by atoms with E-state index >= 15 is 0 Å². The molecule has 6 heteroatoms. The summed E-state index contributed by atoms with van der Waals surface area (Å²) in [6, 6.07) is 1.67. The van der Waals surface area contributed by atoms with Gasteiger partial charge >= 0.3 is 0 Å². The maximum atomic E-state index is 12.5. The SMILES string of the molecule is CCNc1cc(C(=O)N2CCC(C)C(O)C2)c(Cl)cn1. The Kier molecular flexibility index (Phi) is 4.83. The van der Waals surface area contributed by atoms with Crippen molar-refractivity contribution in [2.75, 3.05) is 25.0 Å². The third-order valence-electron chi connectivity index (χ3n) is 3.65. The maximum Gasteiger partial charge on any atom is 0.255 e. The minimum absolute atomic E-state index is 0.150. The minimum atomic E-state index is -0.471. The van der Waals surface area contributed by atoms with Crippen LogP contribution in [0.4, 0.5) is 5.82 Å². The van der Waals surface area contributed by atoms with Crippen LogP contribution in [0.15, 0.2) is 12.3 Å². The number of likely N-dealkylation sites (tertiary alicyclic amines) is 1. The zero-order valence-electron chi connectivity index (χ0n) is 11.8. The second kappa shape index (κ2) is 6.41. The monoisotopic (exact) mass is 297 g/mol. The van der Waals surface area contributed by atoms with Crippen LogP contribution in [0.25, 0.3) is 0 Å². The first kappa shape index (κ1) is 15.1. The molecule has 2 rings (SSSR count). The average Bonchev–Trinajstić information content (AvgIpc) is 2.43. The van der Waals surface area contributed by atoms with Crippen LogP contribution < -0.4 is 5.32 Å². The van der Waals surface area contributed by atoms with Crippen LogP contribution in [0.3, 0.4) is 0 Å². The molecule has 2 N–H and O–H groups in total. The number of pyridine rings is 1. The molecule has 0 radical (unpaired) electrons. The lowest BCUT2D eigenvalue weighted by atomic mass is 9.95. The summed E-state index contributed by atoms with van der Waals surface area (Å²) in [4.78, 5) is 18.3. The molecule has 1 amide bonds. The summed E-state index contributed by atoms with van der Waals surface area (Å²) in [5.74, 6) is 0.706. The van der Waals surface area contributed by atoms with Gasteiger partial charge in [-0.3, -0.25) is 4.79 Å². The Labute approximate surface area is 123 Å². The van der Waals surface area contributed by atoms with Gasteiger partial charge < -0.3 is 15.3 Å². The highest BCUT2D eigenvalue weighted by atomic mass is 35.5. The van der Waals surface area contributed by atoms with E-state index in [2.05, 4.69) is 10.3 Å². The number of halogens is 1. The Morgan fingerprint density at radius 2 is 2.40 bits per heavy atom. The number of piperidine rings is 1. The Bertz CT molecular complexity index is 495. The molecule has 1 aromatic rings. The predicted molar refractivity (Wildman–Crippen MR) is 79.1 cm³/mol. The highest BCUT2D eigenvalue weighted by Gasteiger charge is 2.28. The fraction of sp³-hybridized carbons (Fsp3) is 0.571. The molecule has 2 atom stereocenters. The molecule has 0 saturated carbocycles. The lowest BCUT2D eigenvalue weighted by molar-refractivity contribution is 0.0249. The van der Waals surface area contributed by atoms with Crippen LogP contribution in [0, 0.1) is 5.92 Å². The first-order valence-corrected chi connectivity index (χ1v) is 7.27. The molecule has 2 heterocycles. The Morgan fingerprint density at radius 1 is 1.65 bits per heavy atom. The third kappa shape index (κ3) is 3.22. The smallest absolute Gasteiger partial charge is 0.255 e. The van der Waals surface area contributed by atoms with Crippen molar-refractivity contribution in [1.29, 1.82) is 0 Å². The molecule has 0 spiro atoms. The molecule has 110 valence electrons. The van der Waals surface area contributed by atoms with Gasteiger partial charge in [0.05, 0.1) is 16.7 Å². The number of anilines is 1. The van der Waals surface area contributed by atoms with Gasteiger partial charge in [0.15, 0.2) is 0 Å². The Balaban J connectivity index is 2.18. The molecule has 5 nitrogen and oxygen atoms in total. The summed E-state index contributed by atoms with van der Waals surface area (Å²) in [7, 11) is 0. The summed E-state index contributed by atoms with van der Waals surface area (Å²) < 4.78 is 0. The van der Waals surface area contributed by atoms with Crippen LogP contribution in [-0.4, -0.2) is 46.6 Å². The summed E-state index contributed by atoms with van der Waals surface area (Å²) in [5.41, 5.74) is 0.430. The molecule has 0 bridgehead atoms. The van der Waals surface area contributed by atoms with Crippen LogP contribution in [0.5, 0.6) is 0 Å². The van der Waals surface area contributed by atoms with Crippen molar-refractivity contribution in [3.05, 3.63) is 22.8 Å². The van der Waals surface area contributed by atoms with Crippen molar-refractivity contribution in [2.24, 2.45) is 5.92 Å². The van der Waals surface area contributed by atoms with Gasteiger partial charge in [0.25, 0.3) is 5.91 Å². The zero-order chi connectivity index (χ0) is 14.7. The van der Waals surface area contributed by atoms with Crippen molar-refractivity contribution in [3.63, 3.8) is 0 Å². The van der Waals surface area contributed by atoms with Crippen molar-refractivity contribution < 1.29 is 9.90 Å². The van der Waals surface area contributed by atoms with Crippen LogP contribution in [-0.2, 0) is 0 Å². The quantitative estimate of drug-likeness (QED) is 0.896. The number of aliphatic hydroxyl groups excluding tert-OH is 1. The molecular weight excluding hydrogens is 278 g/mol. The zero-order valence-corrected chi connectivity index (χ0v) is 12.5. The van der Waals surface area contributed by atoms with Crippen molar-refractivity contribution in [2.45, 2.75) is 26.4 Å². The highest BCUT2D eigenvalue weighted by molar-refractivity contribution is 6.33. The topological polar surface area (TPSA) is 65.5 Å². The summed E-state index contributed by atoms with van der Waals surface area (Å²) in [6.45, 7) is 5.68. The first-order chi connectivity index (χ1) is 9.52. The predicted octanol–water partition coefficient (Wildman–Crippen LogP) is 2.01. The van der Waals surface area contributed by atoms with Crippen LogP contribution >= 0.6 is 11.6 Å². The van der Waals surface area contributed by atoms with Gasteiger partial charge in [-0.1, -0.05) is 18.5 Å². The Morgan fingerprint density at radius 3 is 3.05 bits per heavy atom. The number of nitrogens with zero attached hydrogens (tertiary/aromatic N) is 2. The molecule has 0 aromatic carbocycles. The van der Waals surface area contributed by atoms with E-state index in [4.69, 9.17) is 11.6 Å².